The van der Waals surface area contributed by atoms with Crippen LogP contribution in [0.5, 0.6) is 0 Å². The molecule has 144 valence electrons. The molecule has 27 heavy (non-hydrogen) atoms. The molecule has 2 fully saturated rings. The quantitative estimate of drug-likeness (QED) is 0.830. The van der Waals surface area contributed by atoms with Gasteiger partial charge in [-0.1, -0.05) is 0 Å². The predicted octanol–water partition coefficient (Wildman–Crippen LogP) is 3.48. The van der Waals surface area contributed by atoms with Gasteiger partial charge in [0.2, 0.25) is 0 Å². The molecule has 0 radical (unpaired) electrons. The molecule has 0 unspecified atom stereocenters. The van der Waals surface area contributed by atoms with Crippen LogP contribution in [-0.2, 0) is 0 Å². The second-order valence-corrected chi connectivity index (χ2v) is 7.98. The number of carbonyl (C=O) groups is 1. The lowest BCUT2D eigenvalue weighted by Crippen LogP contribution is -2.36. The number of carbonyl (C=O) groups excluding carboxylic acids is 1. The molecule has 2 aromatic heterocycles. The largest absolute Gasteiger partial charge is 0.356 e. The normalized spacial score (nSPS) is 20.5. The van der Waals surface area contributed by atoms with Crippen molar-refractivity contribution in [3.63, 3.8) is 0 Å². The first-order valence-corrected chi connectivity index (χ1v) is 10.2. The summed E-state index contributed by atoms with van der Waals surface area (Å²) >= 11 is 0. The van der Waals surface area contributed by atoms with E-state index in [1.807, 2.05) is 23.2 Å². The van der Waals surface area contributed by atoms with E-state index in [1.165, 1.54) is 5.82 Å². The molecule has 2 saturated heterocycles. The van der Waals surface area contributed by atoms with E-state index >= 15 is 0 Å². The Morgan fingerprint density at radius 3 is 2.63 bits per heavy atom. The second-order valence-electron chi connectivity index (χ2n) is 7.98. The lowest BCUT2D eigenvalue weighted by molar-refractivity contribution is 0.0792. The molecule has 2 aliphatic rings. The molecule has 0 aliphatic carbocycles. The van der Waals surface area contributed by atoms with Crippen LogP contribution in [0, 0.1) is 0 Å². The summed E-state index contributed by atoms with van der Waals surface area (Å²) in [5, 5.41) is 0. The molecule has 6 nitrogen and oxygen atoms in total. The van der Waals surface area contributed by atoms with Crippen LogP contribution < -0.4 is 4.90 Å². The highest BCUT2D eigenvalue weighted by Gasteiger charge is 2.26. The molecule has 0 saturated carbocycles. The van der Waals surface area contributed by atoms with Gasteiger partial charge < -0.3 is 14.4 Å². The van der Waals surface area contributed by atoms with E-state index < -0.39 is 0 Å². The number of hydrogen-bond acceptors (Lipinski definition) is 4. The Bertz CT molecular complexity index is 776. The Balaban J connectivity index is 1.46. The van der Waals surface area contributed by atoms with Crippen LogP contribution in [-0.4, -0.2) is 51.5 Å². The van der Waals surface area contributed by atoms with Gasteiger partial charge in [0.1, 0.15) is 11.6 Å². The van der Waals surface area contributed by atoms with Gasteiger partial charge in [-0.05, 0) is 51.7 Å². The second kappa shape index (κ2) is 7.71. The molecule has 2 aromatic rings. The number of pyridine rings is 1. The average Bonchev–Trinajstić information content (AvgIpc) is 3.39. The molecule has 0 N–H and O–H groups in total. The van der Waals surface area contributed by atoms with E-state index in [9.17, 15) is 4.79 Å². The van der Waals surface area contributed by atoms with Crippen molar-refractivity contribution < 1.29 is 4.79 Å². The predicted molar refractivity (Wildman–Crippen MR) is 106 cm³/mol. The van der Waals surface area contributed by atoms with E-state index in [4.69, 9.17) is 0 Å². The number of hydrogen-bond donors (Lipinski definition) is 0. The summed E-state index contributed by atoms with van der Waals surface area (Å²) < 4.78 is 2.28. The summed E-state index contributed by atoms with van der Waals surface area (Å²) in [7, 11) is 0. The number of anilines is 1. The van der Waals surface area contributed by atoms with Crippen LogP contribution in [0.15, 0.2) is 30.7 Å². The highest BCUT2D eigenvalue weighted by molar-refractivity contribution is 5.94. The maximum absolute atomic E-state index is 12.5. The SMILES string of the molecule is CC(C)n1ccnc1[C@H]1CCCN(c2ccc(C(=O)N3CCCC3)cn2)C1. The van der Waals surface area contributed by atoms with Gasteiger partial charge in [-0.3, -0.25) is 4.79 Å². The zero-order valence-corrected chi connectivity index (χ0v) is 16.3. The minimum absolute atomic E-state index is 0.113. The smallest absolute Gasteiger partial charge is 0.255 e. The maximum Gasteiger partial charge on any atom is 0.255 e. The van der Waals surface area contributed by atoms with Gasteiger partial charge in [-0.15, -0.1) is 0 Å². The van der Waals surface area contributed by atoms with Gasteiger partial charge in [0.05, 0.1) is 5.56 Å². The van der Waals surface area contributed by atoms with E-state index in [0.717, 1.165) is 57.7 Å². The van der Waals surface area contributed by atoms with Gasteiger partial charge in [-0.25, -0.2) is 9.97 Å². The molecular formula is C21H29N5O. The lowest BCUT2D eigenvalue weighted by Gasteiger charge is -2.34. The first-order valence-electron chi connectivity index (χ1n) is 10.2. The van der Waals surface area contributed by atoms with Crippen molar-refractivity contribution in [3.05, 3.63) is 42.1 Å². The van der Waals surface area contributed by atoms with Crippen molar-refractivity contribution in [2.45, 2.75) is 51.5 Å². The minimum atomic E-state index is 0.113. The Morgan fingerprint density at radius 2 is 1.93 bits per heavy atom. The Morgan fingerprint density at radius 1 is 1.11 bits per heavy atom. The summed E-state index contributed by atoms with van der Waals surface area (Å²) in [5.74, 6) is 2.67. The van der Waals surface area contributed by atoms with Crippen molar-refractivity contribution in [1.82, 2.24) is 19.4 Å². The summed E-state index contributed by atoms with van der Waals surface area (Å²) in [6, 6.07) is 4.36. The van der Waals surface area contributed by atoms with Crippen molar-refractivity contribution >= 4 is 11.7 Å². The van der Waals surface area contributed by atoms with Crippen molar-refractivity contribution in [2.75, 3.05) is 31.1 Å². The Hall–Kier alpha value is -2.37. The standard InChI is InChI=1S/C21H29N5O/c1-16(2)26-13-9-22-20(26)18-6-5-12-25(15-18)19-8-7-17(14-23-19)21(27)24-10-3-4-11-24/h7-9,13-14,16,18H,3-6,10-12,15H2,1-2H3/t18-/m0/s1. The summed E-state index contributed by atoms with van der Waals surface area (Å²) in [4.78, 5) is 26.0. The van der Waals surface area contributed by atoms with E-state index in [0.29, 0.717) is 17.5 Å². The molecule has 0 aromatic carbocycles. The first-order chi connectivity index (χ1) is 13.1. The van der Waals surface area contributed by atoms with Crippen LogP contribution in [0.1, 0.15) is 67.7 Å². The maximum atomic E-state index is 12.5. The summed E-state index contributed by atoms with van der Waals surface area (Å²) in [5.41, 5.74) is 0.699. The lowest BCUT2D eigenvalue weighted by atomic mass is 9.97. The molecule has 2 aliphatic heterocycles. The Labute approximate surface area is 161 Å². The van der Waals surface area contributed by atoms with E-state index in [1.54, 1.807) is 6.20 Å². The summed E-state index contributed by atoms with van der Waals surface area (Å²) in [6.45, 7) is 8.07. The molecule has 1 amide bonds. The van der Waals surface area contributed by atoms with Crippen molar-refractivity contribution in [2.24, 2.45) is 0 Å². The fourth-order valence-corrected chi connectivity index (χ4v) is 4.28. The zero-order chi connectivity index (χ0) is 18.8. The fourth-order valence-electron chi connectivity index (χ4n) is 4.28. The Kier molecular flexibility index (Phi) is 5.14. The van der Waals surface area contributed by atoms with Gasteiger partial charge in [-0.2, -0.15) is 0 Å². The molecule has 1 atom stereocenters. The topological polar surface area (TPSA) is 54.3 Å². The molecule has 0 spiro atoms. The van der Waals surface area contributed by atoms with Crippen LogP contribution in [0.4, 0.5) is 5.82 Å². The number of rotatable bonds is 4. The number of imidazole rings is 1. The van der Waals surface area contributed by atoms with Crippen LogP contribution in [0.2, 0.25) is 0 Å². The third-order valence-corrected chi connectivity index (χ3v) is 5.75. The monoisotopic (exact) mass is 367 g/mol. The van der Waals surface area contributed by atoms with Crippen LogP contribution in [0.25, 0.3) is 0 Å². The number of piperidine rings is 1. The van der Waals surface area contributed by atoms with E-state index in [2.05, 4.69) is 39.5 Å². The van der Waals surface area contributed by atoms with Crippen LogP contribution in [0.3, 0.4) is 0 Å². The van der Waals surface area contributed by atoms with Gasteiger partial charge in [0.25, 0.3) is 5.91 Å². The minimum Gasteiger partial charge on any atom is -0.356 e. The molecule has 6 heteroatoms. The first kappa shape index (κ1) is 18.0. The average molecular weight is 367 g/mol. The fraction of sp³-hybridized carbons (Fsp3) is 0.571. The van der Waals surface area contributed by atoms with Gasteiger partial charge in [0, 0.05) is 56.7 Å². The third kappa shape index (κ3) is 3.70. The number of likely N-dealkylation sites (tertiary alicyclic amines) is 1. The van der Waals surface area contributed by atoms with Gasteiger partial charge in [0.15, 0.2) is 0 Å². The third-order valence-electron chi connectivity index (χ3n) is 5.75. The highest BCUT2D eigenvalue weighted by atomic mass is 16.2. The van der Waals surface area contributed by atoms with Crippen molar-refractivity contribution in [1.29, 1.82) is 0 Å². The van der Waals surface area contributed by atoms with Gasteiger partial charge >= 0.3 is 0 Å². The number of aromatic nitrogens is 3. The molecule has 4 rings (SSSR count). The molecule has 0 bridgehead atoms. The van der Waals surface area contributed by atoms with E-state index in [-0.39, 0.29) is 5.91 Å². The number of nitrogens with zero attached hydrogens (tertiary/aromatic N) is 5. The summed E-state index contributed by atoms with van der Waals surface area (Å²) in [6.07, 6.45) is 10.2. The highest BCUT2D eigenvalue weighted by Crippen LogP contribution is 2.29. The molecule has 4 heterocycles. The van der Waals surface area contributed by atoms with Crippen LogP contribution >= 0.6 is 0 Å². The van der Waals surface area contributed by atoms with Crippen molar-refractivity contribution in [3.8, 4) is 0 Å². The molecular weight excluding hydrogens is 338 g/mol. The number of amides is 1. The zero-order valence-electron chi connectivity index (χ0n) is 16.3.